The van der Waals surface area contributed by atoms with E-state index in [1.54, 1.807) is 32.8 Å². The lowest BCUT2D eigenvalue weighted by Crippen LogP contribution is -2.43. The molecule has 3 rings (SSSR count). The fourth-order valence-corrected chi connectivity index (χ4v) is 4.91. The first kappa shape index (κ1) is 30.1. The van der Waals surface area contributed by atoms with Crippen LogP contribution in [0.5, 0.6) is 5.75 Å². The number of esters is 1. The van der Waals surface area contributed by atoms with Crippen LogP contribution in [0, 0.1) is 5.92 Å². The number of methoxy groups -OCH3 is 1. The molecule has 10 heteroatoms. The van der Waals surface area contributed by atoms with Crippen LogP contribution >= 0.6 is 12.2 Å². The third-order valence-electron chi connectivity index (χ3n) is 6.14. The van der Waals surface area contributed by atoms with E-state index in [4.69, 9.17) is 31.2 Å². The second kappa shape index (κ2) is 12.6. The van der Waals surface area contributed by atoms with Gasteiger partial charge in [0.2, 0.25) is 5.91 Å². The van der Waals surface area contributed by atoms with E-state index in [1.807, 2.05) is 32.9 Å². The van der Waals surface area contributed by atoms with E-state index in [0.29, 0.717) is 41.7 Å². The number of fused-ring (bicyclic) bond motifs is 1. The molecule has 2 aliphatic rings. The zero-order valence-electron chi connectivity index (χ0n) is 23.8. The van der Waals surface area contributed by atoms with Crippen LogP contribution in [-0.2, 0) is 30.2 Å². The number of rotatable bonds is 7. The quantitative estimate of drug-likeness (QED) is 0.288. The molecule has 212 valence electrons. The van der Waals surface area contributed by atoms with Gasteiger partial charge in [-0.25, -0.2) is 0 Å². The molecule has 2 unspecified atom stereocenters. The SMILES string of the molecule is COc1cc2c(cc1NC(=S)NC(C)(C)C)CCC(C(=O)OC(C)(C)C)C(=O)N2CCOC1CCCCO1. The summed E-state index contributed by atoms with van der Waals surface area (Å²) in [5, 5.41) is 6.93. The molecule has 1 amide bonds. The average molecular weight is 550 g/mol. The van der Waals surface area contributed by atoms with Crippen LogP contribution in [0.3, 0.4) is 0 Å². The van der Waals surface area contributed by atoms with E-state index in [-0.39, 0.29) is 30.9 Å². The zero-order chi connectivity index (χ0) is 28.1. The van der Waals surface area contributed by atoms with Gasteiger partial charge in [-0.3, -0.25) is 9.59 Å². The van der Waals surface area contributed by atoms with Crippen molar-refractivity contribution in [3.8, 4) is 5.75 Å². The first-order chi connectivity index (χ1) is 17.8. The summed E-state index contributed by atoms with van der Waals surface area (Å²) in [5.74, 6) is -1.21. The van der Waals surface area contributed by atoms with Crippen molar-refractivity contribution in [2.24, 2.45) is 5.92 Å². The lowest BCUT2D eigenvalue weighted by atomic mass is 9.99. The van der Waals surface area contributed by atoms with Gasteiger partial charge in [0, 0.05) is 24.8 Å². The molecular weight excluding hydrogens is 506 g/mol. The number of nitrogens with one attached hydrogen (secondary N) is 2. The highest BCUT2D eigenvalue weighted by atomic mass is 32.1. The van der Waals surface area contributed by atoms with Gasteiger partial charge in [0.15, 0.2) is 11.4 Å². The number of benzene rings is 1. The number of thiocarbonyl (C=S) groups is 1. The lowest BCUT2D eigenvalue weighted by molar-refractivity contribution is -0.164. The summed E-state index contributed by atoms with van der Waals surface area (Å²) >= 11 is 5.51. The van der Waals surface area contributed by atoms with Crippen molar-refractivity contribution in [3.63, 3.8) is 0 Å². The fraction of sp³-hybridized carbons (Fsp3) is 0.679. The van der Waals surface area contributed by atoms with E-state index in [1.165, 1.54) is 0 Å². The Morgan fingerprint density at radius 3 is 2.50 bits per heavy atom. The van der Waals surface area contributed by atoms with E-state index < -0.39 is 17.5 Å². The first-order valence-corrected chi connectivity index (χ1v) is 13.8. The highest BCUT2D eigenvalue weighted by molar-refractivity contribution is 7.80. The monoisotopic (exact) mass is 549 g/mol. The Bertz CT molecular complexity index is 1010. The second-order valence-corrected chi connectivity index (χ2v) is 12.2. The normalized spacial score (nSPS) is 20.3. The number of amides is 1. The highest BCUT2D eigenvalue weighted by Crippen LogP contribution is 2.38. The van der Waals surface area contributed by atoms with E-state index in [9.17, 15) is 9.59 Å². The summed E-state index contributed by atoms with van der Waals surface area (Å²) in [6.07, 6.45) is 3.48. The first-order valence-electron chi connectivity index (χ1n) is 13.3. The summed E-state index contributed by atoms with van der Waals surface area (Å²) < 4.78 is 22.9. The standard InChI is InChI=1S/C28H43N3O6S/c1-27(2,3)30-26(38)29-20-16-18-11-12-19(25(33)37-28(4,5)6)24(32)31(21(18)17-22(20)34-7)13-15-36-23-10-8-9-14-35-23/h16-17,19,23H,8-15H2,1-7H3,(H2,29,30,38). The van der Waals surface area contributed by atoms with Crippen molar-refractivity contribution in [1.29, 1.82) is 0 Å². The molecule has 2 heterocycles. The Labute approximate surface area is 231 Å². The zero-order valence-corrected chi connectivity index (χ0v) is 24.6. The van der Waals surface area contributed by atoms with Crippen LogP contribution in [0.4, 0.5) is 11.4 Å². The van der Waals surface area contributed by atoms with Crippen LogP contribution in [0.1, 0.15) is 72.8 Å². The van der Waals surface area contributed by atoms with Crippen molar-refractivity contribution in [2.45, 2.75) is 91.1 Å². The molecule has 0 aromatic heterocycles. The minimum Gasteiger partial charge on any atom is -0.494 e. The molecule has 2 N–H and O–H groups in total. The van der Waals surface area contributed by atoms with Crippen molar-refractivity contribution < 1.29 is 28.5 Å². The molecule has 0 radical (unpaired) electrons. The maximum absolute atomic E-state index is 13.8. The molecule has 9 nitrogen and oxygen atoms in total. The third-order valence-corrected chi connectivity index (χ3v) is 6.35. The smallest absolute Gasteiger partial charge is 0.319 e. The van der Waals surface area contributed by atoms with Crippen molar-refractivity contribution in [2.75, 3.05) is 37.1 Å². The molecular formula is C28H43N3O6S. The molecule has 0 bridgehead atoms. The minimum absolute atomic E-state index is 0.213. The van der Waals surface area contributed by atoms with Crippen molar-refractivity contribution in [1.82, 2.24) is 5.32 Å². The minimum atomic E-state index is -0.918. The Morgan fingerprint density at radius 1 is 1.16 bits per heavy atom. The Morgan fingerprint density at radius 2 is 1.89 bits per heavy atom. The Hall–Kier alpha value is -2.43. The highest BCUT2D eigenvalue weighted by Gasteiger charge is 2.38. The largest absolute Gasteiger partial charge is 0.494 e. The predicted octanol–water partition coefficient (Wildman–Crippen LogP) is 4.56. The summed E-state index contributed by atoms with van der Waals surface area (Å²) in [6.45, 7) is 12.7. The molecule has 0 saturated carbocycles. The van der Waals surface area contributed by atoms with Crippen LogP contribution in [0.2, 0.25) is 0 Å². The van der Waals surface area contributed by atoms with Gasteiger partial charge in [-0.05, 0) is 97.5 Å². The number of carbonyl (C=O) groups excluding carboxylic acids is 2. The Kier molecular flexibility index (Phi) is 10.00. The van der Waals surface area contributed by atoms with Crippen LogP contribution in [0.25, 0.3) is 0 Å². The summed E-state index contributed by atoms with van der Waals surface area (Å²) in [6, 6.07) is 3.76. The maximum Gasteiger partial charge on any atom is 0.319 e. The van der Waals surface area contributed by atoms with Gasteiger partial charge in [-0.1, -0.05) is 0 Å². The number of carbonyl (C=O) groups is 2. The van der Waals surface area contributed by atoms with Gasteiger partial charge in [0.25, 0.3) is 0 Å². The molecule has 1 aromatic carbocycles. The molecule has 1 saturated heterocycles. The van der Waals surface area contributed by atoms with E-state index in [2.05, 4.69) is 10.6 Å². The molecule has 1 aromatic rings. The summed E-state index contributed by atoms with van der Waals surface area (Å²) in [7, 11) is 1.57. The third kappa shape index (κ3) is 8.54. The molecule has 2 aliphatic heterocycles. The van der Waals surface area contributed by atoms with Crippen LogP contribution in [0.15, 0.2) is 12.1 Å². The Balaban J connectivity index is 1.90. The number of anilines is 2. The van der Waals surface area contributed by atoms with E-state index >= 15 is 0 Å². The van der Waals surface area contributed by atoms with Gasteiger partial charge >= 0.3 is 5.97 Å². The van der Waals surface area contributed by atoms with Gasteiger partial charge in [-0.15, -0.1) is 0 Å². The number of hydrogen-bond acceptors (Lipinski definition) is 7. The molecule has 38 heavy (non-hydrogen) atoms. The van der Waals surface area contributed by atoms with Crippen molar-refractivity contribution in [3.05, 3.63) is 17.7 Å². The van der Waals surface area contributed by atoms with Gasteiger partial charge < -0.3 is 34.5 Å². The predicted molar refractivity (Wildman–Crippen MR) is 152 cm³/mol. The van der Waals surface area contributed by atoms with Gasteiger partial charge in [0.1, 0.15) is 17.3 Å². The molecule has 2 atom stereocenters. The average Bonchev–Trinajstić information content (AvgIpc) is 2.93. The van der Waals surface area contributed by atoms with E-state index in [0.717, 1.165) is 24.8 Å². The fourth-order valence-electron chi connectivity index (χ4n) is 4.50. The van der Waals surface area contributed by atoms with Crippen LogP contribution < -0.4 is 20.3 Å². The number of aryl methyl sites for hydroxylation is 1. The van der Waals surface area contributed by atoms with Gasteiger partial charge in [0.05, 0.1) is 25.1 Å². The van der Waals surface area contributed by atoms with Crippen molar-refractivity contribution >= 4 is 40.6 Å². The molecule has 1 fully saturated rings. The van der Waals surface area contributed by atoms with Crippen LogP contribution in [-0.4, -0.2) is 61.3 Å². The molecule has 0 spiro atoms. The summed E-state index contributed by atoms with van der Waals surface area (Å²) in [4.78, 5) is 28.5. The topological polar surface area (TPSA) is 98.4 Å². The lowest BCUT2D eigenvalue weighted by Gasteiger charge is -2.29. The second-order valence-electron chi connectivity index (χ2n) is 11.8. The van der Waals surface area contributed by atoms with Gasteiger partial charge in [-0.2, -0.15) is 0 Å². The number of ether oxygens (including phenoxy) is 4. The number of hydrogen-bond donors (Lipinski definition) is 2. The summed E-state index contributed by atoms with van der Waals surface area (Å²) in [5.41, 5.74) is 1.36. The maximum atomic E-state index is 13.8. The number of nitrogens with zero attached hydrogens (tertiary/aromatic N) is 1. The molecule has 0 aliphatic carbocycles.